The van der Waals surface area contributed by atoms with Gasteiger partial charge in [0.25, 0.3) is 0 Å². The van der Waals surface area contributed by atoms with E-state index in [4.69, 9.17) is 15.6 Å². The van der Waals surface area contributed by atoms with E-state index >= 15 is 0 Å². The van der Waals surface area contributed by atoms with Crippen LogP contribution in [0.1, 0.15) is 12.6 Å². The van der Waals surface area contributed by atoms with E-state index in [0.717, 1.165) is 0 Å². The van der Waals surface area contributed by atoms with Gasteiger partial charge in [0.1, 0.15) is 24.2 Å². The molecule has 96 valence electrons. The van der Waals surface area contributed by atoms with E-state index in [1.807, 2.05) is 0 Å². The predicted octanol–water partition coefficient (Wildman–Crippen LogP) is -0.951. The van der Waals surface area contributed by atoms with Crippen LogP contribution in [-0.4, -0.2) is 48.5 Å². The summed E-state index contributed by atoms with van der Waals surface area (Å²) in [5.74, 6) is 0.302. The number of aromatic nitrogens is 4. The standard InChI is InChI=1S/C10H13N5O3/c11-9-8-10(13-3-12-9)15(4-14-8)7-1-5(17)6(2-16)18-7/h3-7,16-17H,1-2H2,(H2,11,12,13)/t5?,6?,7-/m1/s1. The number of aliphatic hydroxyl groups is 2. The molecule has 0 spiro atoms. The second-order valence-electron chi connectivity index (χ2n) is 4.20. The van der Waals surface area contributed by atoms with Crippen LogP contribution in [0.5, 0.6) is 0 Å². The molecule has 2 unspecified atom stereocenters. The van der Waals surface area contributed by atoms with Crippen LogP contribution in [0.4, 0.5) is 5.82 Å². The number of rotatable bonds is 2. The number of nitrogens with zero attached hydrogens (tertiary/aromatic N) is 4. The summed E-state index contributed by atoms with van der Waals surface area (Å²) in [5, 5.41) is 18.8. The van der Waals surface area contributed by atoms with Gasteiger partial charge in [-0.05, 0) is 0 Å². The molecule has 1 aliphatic rings. The number of hydrogen-bond donors (Lipinski definition) is 3. The second-order valence-corrected chi connectivity index (χ2v) is 4.20. The Morgan fingerprint density at radius 2 is 2.28 bits per heavy atom. The first kappa shape index (κ1) is 11.3. The highest BCUT2D eigenvalue weighted by Crippen LogP contribution is 2.30. The number of ether oxygens (including phenoxy) is 1. The molecule has 0 saturated carbocycles. The zero-order valence-electron chi connectivity index (χ0n) is 9.47. The van der Waals surface area contributed by atoms with Gasteiger partial charge in [0.2, 0.25) is 0 Å². The summed E-state index contributed by atoms with van der Waals surface area (Å²) in [7, 11) is 0. The molecule has 0 aromatic carbocycles. The molecule has 1 fully saturated rings. The number of imidazole rings is 1. The molecule has 8 heteroatoms. The Balaban J connectivity index is 1.99. The monoisotopic (exact) mass is 251 g/mol. The molecule has 2 aromatic rings. The molecule has 0 aliphatic carbocycles. The van der Waals surface area contributed by atoms with Crippen molar-refractivity contribution in [3.63, 3.8) is 0 Å². The Kier molecular flexibility index (Phi) is 2.62. The lowest BCUT2D eigenvalue weighted by Crippen LogP contribution is -2.24. The molecular formula is C10H13N5O3. The van der Waals surface area contributed by atoms with E-state index in [2.05, 4.69) is 15.0 Å². The summed E-state index contributed by atoms with van der Waals surface area (Å²) in [4.78, 5) is 12.1. The van der Waals surface area contributed by atoms with Crippen molar-refractivity contribution in [3.8, 4) is 0 Å². The lowest BCUT2D eigenvalue weighted by Gasteiger charge is -2.13. The van der Waals surface area contributed by atoms with Crippen molar-refractivity contribution in [3.05, 3.63) is 12.7 Å². The van der Waals surface area contributed by atoms with Crippen LogP contribution in [0.2, 0.25) is 0 Å². The van der Waals surface area contributed by atoms with Gasteiger partial charge in [0, 0.05) is 6.42 Å². The molecule has 8 nitrogen and oxygen atoms in total. The van der Waals surface area contributed by atoms with Crippen molar-refractivity contribution < 1.29 is 14.9 Å². The fraction of sp³-hybridized carbons (Fsp3) is 0.500. The maximum Gasteiger partial charge on any atom is 0.167 e. The highest BCUT2D eigenvalue weighted by atomic mass is 16.5. The lowest BCUT2D eigenvalue weighted by molar-refractivity contribution is -0.0432. The highest BCUT2D eigenvalue weighted by molar-refractivity contribution is 5.81. The van der Waals surface area contributed by atoms with Crippen LogP contribution in [0, 0.1) is 0 Å². The molecule has 0 amide bonds. The van der Waals surface area contributed by atoms with Crippen LogP contribution < -0.4 is 5.73 Å². The first-order valence-corrected chi connectivity index (χ1v) is 5.58. The Morgan fingerprint density at radius 1 is 1.44 bits per heavy atom. The SMILES string of the molecule is Nc1ncnc2c1ncn2[C@H]1CC(O)C(CO)O1. The fourth-order valence-corrected chi connectivity index (χ4v) is 2.13. The molecule has 0 radical (unpaired) electrons. The van der Waals surface area contributed by atoms with E-state index in [-0.39, 0.29) is 6.61 Å². The van der Waals surface area contributed by atoms with Crippen molar-refractivity contribution in [1.29, 1.82) is 0 Å². The third-order valence-electron chi connectivity index (χ3n) is 3.08. The Bertz CT molecular complexity index is 572. The van der Waals surface area contributed by atoms with Crippen molar-refractivity contribution in [1.82, 2.24) is 19.5 Å². The second kappa shape index (κ2) is 4.16. The number of hydrogen-bond acceptors (Lipinski definition) is 7. The van der Waals surface area contributed by atoms with E-state index in [1.54, 1.807) is 10.9 Å². The van der Waals surface area contributed by atoms with Gasteiger partial charge in [-0.15, -0.1) is 0 Å². The van der Waals surface area contributed by atoms with Gasteiger partial charge in [-0.3, -0.25) is 4.57 Å². The van der Waals surface area contributed by atoms with Crippen LogP contribution in [0.25, 0.3) is 11.2 Å². The first-order chi connectivity index (χ1) is 8.70. The van der Waals surface area contributed by atoms with E-state index in [9.17, 15) is 5.11 Å². The van der Waals surface area contributed by atoms with Crippen LogP contribution in [0.15, 0.2) is 12.7 Å². The smallest absolute Gasteiger partial charge is 0.167 e. The minimum absolute atomic E-state index is 0.221. The highest BCUT2D eigenvalue weighted by Gasteiger charge is 2.35. The van der Waals surface area contributed by atoms with Crippen molar-refractivity contribution in [2.45, 2.75) is 24.9 Å². The average molecular weight is 251 g/mol. The van der Waals surface area contributed by atoms with Gasteiger partial charge >= 0.3 is 0 Å². The Morgan fingerprint density at radius 3 is 3.00 bits per heavy atom. The first-order valence-electron chi connectivity index (χ1n) is 5.58. The summed E-state index contributed by atoms with van der Waals surface area (Å²) in [6.07, 6.45) is 1.60. The zero-order chi connectivity index (χ0) is 12.7. The fourth-order valence-electron chi connectivity index (χ4n) is 2.13. The predicted molar refractivity (Wildman–Crippen MR) is 61.4 cm³/mol. The average Bonchev–Trinajstić information content (AvgIpc) is 2.93. The topological polar surface area (TPSA) is 119 Å². The van der Waals surface area contributed by atoms with Crippen molar-refractivity contribution in [2.24, 2.45) is 0 Å². The molecule has 3 heterocycles. The van der Waals surface area contributed by atoms with E-state index in [0.29, 0.717) is 23.4 Å². The summed E-state index contributed by atoms with van der Waals surface area (Å²) in [5.41, 5.74) is 6.75. The number of nitrogens with two attached hydrogens (primary N) is 1. The largest absolute Gasteiger partial charge is 0.394 e. The molecule has 3 atom stereocenters. The van der Waals surface area contributed by atoms with Gasteiger partial charge in [-0.1, -0.05) is 0 Å². The molecule has 3 rings (SSSR count). The zero-order valence-corrected chi connectivity index (χ0v) is 9.47. The minimum Gasteiger partial charge on any atom is -0.394 e. The van der Waals surface area contributed by atoms with Gasteiger partial charge in [0.05, 0.1) is 19.0 Å². The number of nitrogen functional groups attached to an aromatic ring is 1. The molecule has 4 N–H and O–H groups in total. The Labute approximate surface area is 102 Å². The van der Waals surface area contributed by atoms with Crippen LogP contribution in [0.3, 0.4) is 0 Å². The van der Waals surface area contributed by atoms with Crippen molar-refractivity contribution >= 4 is 17.0 Å². The maximum atomic E-state index is 9.71. The molecular weight excluding hydrogens is 238 g/mol. The van der Waals surface area contributed by atoms with Crippen LogP contribution in [-0.2, 0) is 4.74 Å². The van der Waals surface area contributed by atoms with Gasteiger partial charge in [-0.2, -0.15) is 0 Å². The lowest BCUT2D eigenvalue weighted by atomic mass is 10.2. The number of aliphatic hydroxyl groups excluding tert-OH is 2. The van der Waals surface area contributed by atoms with E-state index in [1.165, 1.54) is 6.33 Å². The number of anilines is 1. The normalized spacial score (nSPS) is 28.0. The Hall–Kier alpha value is -1.77. The summed E-state index contributed by atoms with van der Waals surface area (Å²) in [6.45, 7) is -0.221. The van der Waals surface area contributed by atoms with Gasteiger partial charge in [0.15, 0.2) is 11.5 Å². The number of fused-ring (bicyclic) bond motifs is 1. The maximum absolute atomic E-state index is 9.71. The molecule has 1 aliphatic heterocycles. The third kappa shape index (κ3) is 1.62. The summed E-state index contributed by atoms with van der Waals surface area (Å²) >= 11 is 0. The summed E-state index contributed by atoms with van der Waals surface area (Å²) < 4.78 is 7.22. The molecule has 0 bridgehead atoms. The molecule has 1 saturated heterocycles. The molecule has 2 aromatic heterocycles. The van der Waals surface area contributed by atoms with Gasteiger partial charge < -0.3 is 20.7 Å². The third-order valence-corrected chi connectivity index (χ3v) is 3.08. The van der Waals surface area contributed by atoms with Gasteiger partial charge in [-0.25, -0.2) is 15.0 Å². The summed E-state index contributed by atoms with van der Waals surface area (Å²) in [6, 6.07) is 0. The van der Waals surface area contributed by atoms with Crippen LogP contribution >= 0.6 is 0 Å². The minimum atomic E-state index is -0.698. The van der Waals surface area contributed by atoms with E-state index < -0.39 is 18.4 Å². The van der Waals surface area contributed by atoms with Crippen molar-refractivity contribution in [2.75, 3.05) is 12.3 Å². The quantitative estimate of drug-likeness (QED) is 0.629. The molecule has 18 heavy (non-hydrogen) atoms.